The Balaban J connectivity index is 1.89. The molecule has 212 valence electrons. The van der Waals surface area contributed by atoms with E-state index < -0.39 is 41.5 Å². The number of carbonyl (C=O) groups is 4. The normalized spacial score (nSPS) is 12.2. The van der Waals surface area contributed by atoms with Gasteiger partial charge in [0.15, 0.2) is 5.96 Å². The van der Waals surface area contributed by atoms with E-state index in [2.05, 4.69) is 10.3 Å². The van der Waals surface area contributed by atoms with Crippen LogP contribution in [0.25, 0.3) is 6.08 Å². The molecule has 3 rings (SSSR count). The Morgan fingerprint density at radius 2 is 1.46 bits per heavy atom. The lowest BCUT2D eigenvalue weighted by atomic mass is 10.0. The molecule has 2 atom stereocenters. The summed E-state index contributed by atoms with van der Waals surface area (Å²) < 4.78 is 13.5. The molecule has 0 heterocycles. The van der Waals surface area contributed by atoms with Crippen molar-refractivity contribution in [3.8, 4) is 0 Å². The van der Waals surface area contributed by atoms with Crippen LogP contribution in [0.1, 0.15) is 23.6 Å². The van der Waals surface area contributed by atoms with E-state index in [1.165, 1.54) is 36.4 Å². The third-order valence-electron chi connectivity index (χ3n) is 6.05. The Labute approximate surface area is 236 Å². The third kappa shape index (κ3) is 9.13. The number of guanidine groups is 1. The van der Waals surface area contributed by atoms with Crippen LogP contribution in [0.15, 0.2) is 89.9 Å². The summed E-state index contributed by atoms with van der Waals surface area (Å²) in [5, 5.41) is 2.58. The fourth-order valence-electron chi connectivity index (χ4n) is 4.07. The van der Waals surface area contributed by atoms with E-state index in [4.69, 9.17) is 17.2 Å². The monoisotopic (exact) mass is 558 g/mol. The second kappa shape index (κ2) is 14.2. The van der Waals surface area contributed by atoms with Crippen LogP contribution in [0.5, 0.6) is 0 Å². The van der Waals surface area contributed by atoms with Crippen molar-refractivity contribution < 1.29 is 23.6 Å². The smallest absolute Gasteiger partial charge is 0.253 e. The van der Waals surface area contributed by atoms with Gasteiger partial charge in [-0.05, 0) is 47.0 Å². The first kappa shape index (κ1) is 30.2. The summed E-state index contributed by atoms with van der Waals surface area (Å²) >= 11 is 0. The van der Waals surface area contributed by atoms with E-state index in [1.54, 1.807) is 48.5 Å². The third-order valence-corrected chi connectivity index (χ3v) is 6.05. The number of imide groups is 1. The fourth-order valence-corrected chi connectivity index (χ4v) is 4.07. The Morgan fingerprint density at radius 3 is 2.02 bits per heavy atom. The van der Waals surface area contributed by atoms with Gasteiger partial charge in [0.05, 0.1) is 5.69 Å². The molecule has 0 aliphatic rings. The average Bonchev–Trinajstić information content (AvgIpc) is 2.93. The highest BCUT2D eigenvalue weighted by atomic mass is 19.1. The first-order chi connectivity index (χ1) is 19.5. The number of carbonyl (C=O) groups excluding carboxylic acids is 4. The quantitative estimate of drug-likeness (QED) is 0.159. The maximum atomic E-state index is 13.6. The van der Waals surface area contributed by atoms with E-state index >= 15 is 0 Å². The first-order valence-corrected chi connectivity index (χ1v) is 12.6. The van der Waals surface area contributed by atoms with E-state index in [-0.39, 0.29) is 18.8 Å². The van der Waals surface area contributed by atoms with Gasteiger partial charge in [0.1, 0.15) is 17.9 Å². The average molecular weight is 559 g/mol. The van der Waals surface area contributed by atoms with Gasteiger partial charge in [0.2, 0.25) is 17.7 Å². The zero-order valence-electron chi connectivity index (χ0n) is 22.4. The number of aliphatic imine (C=N–C) groups is 1. The molecule has 0 spiro atoms. The number of nitrogens with two attached hydrogens (primary N) is 3. The number of primary amides is 1. The number of hydrogen-bond acceptors (Lipinski definition) is 5. The maximum absolute atomic E-state index is 13.6. The summed E-state index contributed by atoms with van der Waals surface area (Å²) in [6.45, 7) is 1.16. The molecule has 3 aromatic carbocycles. The van der Waals surface area contributed by atoms with E-state index in [9.17, 15) is 23.6 Å². The van der Waals surface area contributed by atoms with Crippen LogP contribution >= 0.6 is 0 Å². The summed E-state index contributed by atoms with van der Waals surface area (Å²) in [4.78, 5) is 56.6. The lowest BCUT2D eigenvalue weighted by Crippen LogP contribution is -2.56. The lowest BCUT2D eigenvalue weighted by Gasteiger charge is -2.29. The predicted molar refractivity (Wildman–Crippen MR) is 154 cm³/mol. The number of nitrogens with zero attached hydrogens (tertiary/aromatic N) is 2. The Bertz CT molecular complexity index is 1440. The molecular formula is C30H31FN6O4. The number of nitrogens with one attached hydrogen (secondary N) is 1. The van der Waals surface area contributed by atoms with Crippen molar-refractivity contribution >= 4 is 41.4 Å². The van der Waals surface area contributed by atoms with Gasteiger partial charge < -0.3 is 22.5 Å². The minimum absolute atomic E-state index is 0.0222. The fraction of sp³-hybridized carbons (Fsp3) is 0.167. The molecule has 0 saturated carbocycles. The second-order valence-corrected chi connectivity index (χ2v) is 9.19. The van der Waals surface area contributed by atoms with Gasteiger partial charge >= 0.3 is 0 Å². The van der Waals surface area contributed by atoms with Gasteiger partial charge in [0, 0.05) is 25.8 Å². The molecule has 4 amide bonds. The molecule has 0 bridgehead atoms. The highest BCUT2D eigenvalue weighted by Crippen LogP contribution is 2.16. The van der Waals surface area contributed by atoms with Crippen LogP contribution < -0.4 is 22.5 Å². The Morgan fingerprint density at radius 1 is 0.878 bits per heavy atom. The Kier molecular flexibility index (Phi) is 10.4. The molecule has 3 aromatic rings. The van der Waals surface area contributed by atoms with Crippen LogP contribution in [0.2, 0.25) is 0 Å². The Hall–Kier alpha value is -5.32. The summed E-state index contributed by atoms with van der Waals surface area (Å²) in [6, 6.07) is 18.3. The number of halogens is 1. The van der Waals surface area contributed by atoms with Gasteiger partial charge in [-0.1, -0.05) is 54.6 Å². The van der Waals surface area contributed by atoms with Gasteiger partial charge in [0.25, 0.3) is 5.91 Å². The van der Waals surface area contributed by atoms with Gasteiger partial charge in [-0.2, -0.15) is 0 Å². The molecular weight excluding hydrogens is 527 g/mol. The molecule has 0 aromatic heterocycles. The highest BCUT2D eigenvalue weighted by molar-refractivity contribution is 6.06. The van der Waals surface area contributed by atoms with Crippen molar-refractivity contribution in [2.24, 2.45) is 22.2 Å². The molecule has 7 N–H and O–H groups in total. The van der Waals surface area contributed by atoms with Crippen molar-refractivity contribution in [2.75, 3.05) is 0 Å². The minimum atomic E-state index is -1.36. The molecule has 0 aliphatic carbocycles. The summed E-state index contributed by atoms with van der Waals surface area (Å²) in [5.74, 6) is -3.64. The predicted octanol–water partition coefficient (Wildman–Crippen LogP) is 1.94. The number of amides is 4. The van der Waals surface area contributed by atoms with Crippen molar-refractivity contribution in [1.29, 1.82) is 0 Å². The highest BCUT2D eigenvalue weighted by Gasteiger charge is 2.34. The summed E-state index contributed by atoms with van der Waals surface area (Å²) in [7, 11) is 0. The molecule has 0 fully saturated rings. The van der Waals surface area contributed by atoms with Crippen LogP contribution in [-0.4, -0.2) is 46.6 Å². The van der Waals surface area contributed by atoms with E-state index in [0.717, 1.165) is 11.8 Å². The molecule has 0 radical (unpaired) electrons. The summed E-state index contributed by atoms with van der Waals surface area (Å²) in [6.07, 6.45) is 2.60. The SMILES string of the molecule is CC(=O)N(C(=O)/C=C/c1ccccc1)[C@@H](Cc1ccc(F)cc1)C(=O)N[C@@H](Cc1ccc(N=C(N)N)cc1)C(N)=O. The van der Waals surface area contributed by atoms with Gasteiger partial charge in [-0.25, -0.2) is 9.38 Å². The number of hydrogen-bond donors (Lipinski definition) is 4. The molecule has 10 nitrogen and oxygen atoms in total. The molecule has 0 aliphatic heterocycles. The standard InChI is InChI=1S/C30H31FN6O4/c1-19(38)37(27(39)16-11-20-5-3-2-4-6-20)26(18-22-7-12-23(31)13-8-22)29(41)36-25(28(32)40)17-21-9-14-24(15-10-21)35-30(33)34/h2-16,25-26H,17-18H2,1H3,(H2,32,40)(H,36,41)(H4,33,34,35)/b16-11+/t25-,26-/m0/s1. The van der Waals surface area contributed by atoms with Crippen molar-refractivity contribution in [1.82, 2.24) is 10.2 Å². The van der Waals surface area contributed by atoms with E-state index in [1.807, 2.05) is 6.07 Å². The lowest BCUT2D eigenvalue weighted by molar-refractivity contribution is -0.148. The van der Waals surface area contributed by atoms with Crippen LogP contribution in [0, 0.1) is 5.82 Å². The molecule has 0 saturated heterocycles. The molecule has 41 heavy (non-hydrogen) atoms. The molecule has 0 unspecified atom stereocenters. The van der Waals surface area contributed by atoms with E-state index in [0.29, 0.717) is 22.4 Å². The maximum Gasteiger partial charge on any atom is 0.253 e. The second-order valence-electron chi connectivity index (χ2n) is 9.19. The van der Waals surface area contributed by atoms with Crippen LogP contribution in [-0.2, 0) is 32.0 Å². The number of rotatable bonds is 11. The van der Waals surface area contributed by atoms with Crippen molar-refractivity contribution in [3.63, 3.8) is 0 Å². The summed E-state index contributed by atoms with van der Waals surface area (Å²) in [5.41, 5.74) is 18.7. The zero-order valence-corrected chi connectivity index (χ0v) is 22.4. The number of benzene rings is 3. The largest absolute Gasteiger partial charge is 0.370 e. The first-order valence-electron chi connectivity index (χ1n) is 12.6. The van der Waals surface area contributed by atoms with Gasteiger partial charge in [-0.15, -0.1) is 0 Å². The minimum Gasteiger partial charge on any atom is -0.370 e. The zero-order chi connectivity index (χ0) is 29.9. The van der Waals surface area contributed by atoms with Crippen molar-refractivity contribution in [3.05, 3.63) is 107 Å². The topological polar surface area (TPSA) is 174 Å². The molecule has 11 heteroatoms. The van der Waals surface area contributed by atoms with Crippen LogP contribution in [0.3, 0.4) is 0 Å². The van der Waals surface area contributed by atoms with Crippen molar-refractivity contribution in [2.45, 2.75) is 31.8 Å². The van der Waals surface area contributed by atoms with Crippen LogP contribution in [0.4, 0.5) is 10.1 Å². The van der Waals surface area contributed by atoms with Gasteiger partial charge in [-0.3, -0.25) is 24.1 Å².